The third-order valence-corrected chi connectivity index (χ3v) is 1.37. The van der Waals surface area contributed by atoms with E-state index in [4.69, 9.17) is 5.11 Å². The van der Waals surface area contributed by atoms with Gasteiger partial charge in [0.25, 0.3) is 0 Å². The van der Waals surface area contributed by atoms with Crippen molar-refractivity contribution in [3.05, 3.63) is 18.2 Å². The molecule has 1 aromatic carbocycles. The lowest BCUT2D eigenvalue weighted by Crippen LogP contribution is -2.09. The SMILES string of the molecule is Oc1ccc2c(c1)OC(F)O2. The summed E-state index contributed by atoms with van der Waals surface area (Å²) in [7, 11) is 0. The summed E-state index contributed by atoms with van der Waals surface area (Å²) in [6.07, 6.45) is 0. The number of ether oxygens (including phenoxy) is 2. The van der Waals surface area contributed by atoms with Crippen molar-refractivity contribution >= 4 is 0 Å². The third kappa shape index (κ3) is 0.960. The van der Waals surface area contributed by atoms with Crippen LogP contribution in [0.4, 0.5) is 4.39 Å². The molecular formula is C7H5FO3. The van der Waals surface area contributed by atoms with Crippen LogP contribution in [-0.2, 0) is 0 Å². The van der Waals surface area contributed by atoms with E-state index >= 15 is 0 Å². The molecule has 1 aliphatic rings. The number of phenols is 1. The van der Waals surface area contributed by atoms with Gasteiger partial charge in [0.15, 0.2) is 11.5 Å². The topological polar surface area (TPSA) is 38.7 Å². The van der Waals surface area contributed by atoms with Crippen molar-refractivity contribution in [3.8, 4) is 17.2 Å². The minimum Gasteiger partial charge on any atom is -0.508 e. The Labute approximate surface area is 62.0 Å². The van der Waals surface area contributed by atoms with E-state index in [2.05, 4.69) is 9.47 Å². The van der Waals surface area contributed by atoms with Gasteiger partial charge in [0.05, 0.1) is 0 Å². The monoisotopic (exact) mass is 156 g/mol. The van der Waals surface area contributed by atoms with Gasteiger partial charge in [0.2, 0.25) is 0 Å². The number of phenolic OH excluding ortho intramolecular Hbond substituents is 1. The maximum Gasteiger partial charge on any atom is 0.397 e. The van der Waals surface area contributed by atoms with E-state index in [1.807, 2.05) is 0 Å². The Kier molecular flexibility index (Phi) is 1.15. The maximum absolute atomic E-state index is 12.3. The smallest absolute Gasteiger partial charge is 0.397 e. The molecule has 4 heteroatoms. The zero-order valence-electron chi connectivity index (χ0n) is 5.45. The third-order valence-electron chi connectivity index (χ3n) is 1.37. The van der Waals surface area contributed by atoms with Crippen LogP contribution in [0.1, 0.15) is 0 Å². The van der Waals surface area contributed by atoms with E-state index in [0.29, 0.717) is 5.75 Å². The summed E-state index contributed by atoms with van der Waals surface area (Å²) in [5, 5.41) is 8.92. The summed E-state index contributed by atoms with van der Waals surface area (Å²) in [6, 6.07) is 4.15. The number of hydrogen-bond donors (Lipinski definition) is 1. The number of hydrogen-bond acceptors (Lipinski definition) is 3. The first-order valence-corrected chi connectivity index (χ1v) is 3.06. The van der Waals surface area contributed by atoms with Crippen LogP contribution in [0.25, 0.3) is 0 Å². The lowest BCUT2D eigenvalue weighted by Gasteiger charge is -1.94. The van der Waals surface area contributed by atoms with Crippen molar-refractivity contribution in [2.24, 2.45) is 0 Å². The molecule has 0 spiro atoms. The second kappa shape index (κ2) is 2.02. The summed E-state index contributed by atoms with van der Waals surface area (Å²) in [5.74, 6) is 0.578. The zero-order chi connectivity index (χ0) is 7.84. The van der Waals surface area contributed by atoms with Gasteiger partial charge >= 0.3 is 6.54 Å². The predicted octanol–water partition coefficient (Wildman–Crippen LogP) is 1.42. The zero-order valence-corrected chi connectivity index (χ0v) is 5.45. The Morgan fingerprint density at radius 2 is 2.00 bits per heavy atom. The molecular weight excluding hydrogens is 151 g/mol. The molecule has 1 atom stereocenters. The van der Waals surface area contributed by atoms with Gasteiger partial charge in [-0.3, -0.25) is 0 Å². The van der Waals surface area contributed by atoms with Crippen molar-refractivity contribution in [3.63, 3.8) is 0 Å². The first-order valence-electron chi connectivity index (χ1n) is 3.06. The number of aromatic hydroxyl groups is 1. The van der Waals surface area contributed by atoms with E-state index in [9.17, 15) is 4.39 Å². The van der Waals surface area contributed by atoms with Gasteiger partial charge in [-0.05, 0) is 12.1 Å². The fraction of sp³-hybridized carbons (Fsp3) is 0.143. The molecule has 58 valence electrons. The largest absolute Gasteiger partial charge is 0.508 e. The second-order valence-corrected chi connectivity index (χ2v) is 2.14. The molecule has 1 heterocycles. The highest BCUT2D eigenvalue weighted by Gasteiger charge is 2.22. The van der Waals surface area contributed by atoms with Gasteiger partial charge in [0.1, 0.15) is 5.75 Å². The van der Waals surface area contributed by atoms with Crippen LogP contribution in [-0.4, -0.2) is 11.7 Å². The van der Waals surface area contributed by atoms with Crippen molar-refractivity contribution < 1.29 is 19.0 Å². The van der Waals surface area contributed by atoms with Gasteiger partial charge in [-0.15, -0.1) is 0 Å². The molecule has 0 amide bonds. The summed E-state index contributed by atoms with van der Waals surface area (Å²) >= 11 is 0. The van der Waals surface area contributed by atoms with Gasteiger partial charge in [0, 0.05) is 6.07 Å². The molecule has 0 aromatic heterocycles. The van der Waals surface area contributed by atoms with E-state index in [1.54, 1.807) is 0 Å². The van der Waals surface area contributed by atoms with Crippen LogP contribution in [0.15, 0.2) is 18.2 Å². The number of alkyl halides is 1. The average molecular weight is 156 g/mol. The van der Waals surface area contributed by atoms with Crippen LogP contribution in [0.2, 0.25) is 0 Å². The molecule has 0 saturated carbocycles. The Bertz CT molecular complexity index is 287. The normalized spacial score (nSPS) is 20.3. The quantitative estimate of drug-likeness (QED) is 0.617. The van der Waals surface area contributed by atoms with Crippen LogP contribution in [0.5, 0.6) is 17.2 Å². The van der Waals surface area contributed by atoms with E-state index in [0.717, 1.165) is 0 Å². The van der Waals surface area contributed by atoms with Crippen molar-refractivity contribution in [1.29, 1.82) is 0 Å². The van der Waals surface area contributed by atoms with E-state index in [-0.39, 0.29) is 11.5 Å². The number of rotatable bonds is 0. The standard InChI is InChI=1S/C7H5FO3/c8-7-10-5-2-1-4(9)3-6(5)11-7/h1-3,7,9H. The molecule has 2 rings (SSSR count). The fourth-order valence-corrected chi connectivity index (χ4v) is 0.910. The molecule has 1 aromatic rings. The predicted molar refractivity (Wildman–Crippen MR) is 34.3 cm³/mol. The minimum absolute atomic E-state index is 0.0291. The van der Waals surface area contributed by atoms with Gasteiger partial charge in [-0.2, -0.15) is 4.39 Å². The first kappa shape index (κ1) is 6.27. The first-order chi connectivity index (χ1) is 5.25. The van der Waals surface area contributed by atoms with Crippen LogP contribution >= 0.6 is 0 Å². The van der Waals surface area contributed by atoms with Crippen molar-refractivity contribution in [1.82, 2.24) is 0 Å². The lowest BCUT2D eigenvalue weighted by molar-refractivity contribution is -0.0652. The molecule has 0 saturated heterocycles. The summed E-state index contributed by atoms with van der Waals surface area (Å²) in [5.41, 5.74) is 0. The molecule has 0 aliphatic carbocycles. The highest BCUT2D eigenvalue weighted by atomic mass is 19.2. The van der Waals surface area contributed by atoms with Crippen LogP contribution in [0, 0.1) is 0 Å². The molecule has 0 fully saturated rings. The molecule has 0 radical (unpaired) electrons. The molecule has 1 aliphatic heterocycles. The molecule has 3 nitrogen and oxygen atoms in total. The molecule has 1 unspecified atom stereocenters. The van der Waals surface area contributed by atoms with E-state index < -0.39 is 6.54 Å². The van der Waals surface area contributed by atoms with Crippen LogP contribution < -0.4 is 9.47 Å². The Morgan fingerprint density at radius 3 is 2.82 bits per heavy atom. The second-order valence-electron chi connectivity index (χ2n) is 2.14. The van der Waals surface area contributed by atoms with Gasteiger partial charge in [-0.1, -0.05) is 0 Å². The Morgan fingerprint density at radius 1 is 1.27 bits per heavy atom. The lowest BCUT2D eigenvalue weighted by atomic mass is 10.3. The number of halogens is 1. The van der Waals surface area contributed by atoms with Crippen LogP contribution in [0.3, 0.4) is 0 Å². The van der Waals surface area contributed by atoms with E-state index in [1.165, 1.54) is 18.2 Å². The average Bonchev–Trinajstić information content (AvgIpc) is 2.27. The van der Waals surface area contributed by atoms with Gasteiger partial charge in [-0.25, -0.2) is 0 Å². The number of benzene rings is 1. The van der Waals surface area contributed by atoms with Crippen molar-refractivity contribution in [2.75, 3.05) is 0 Å². The summed E-state index contributed by atoms with van der Waals surface area (Å²) < 4.78 is 21.4. The Balaban J connectivity index is 2.43. The Hall–Kier alpha value is -1.45. The highest BCUT2D eigenvalue weighted by molar-refractivity contribution is 5.46. The fourth-order valence-electron chi connectivity index (χ4n) is 0.910. The minimum atomic E-state index is -1.74. The van der Waals surface area contributed by atoms with Crippen molar-refractivity contribution in [2.45, 2.75) is 6.54 Å². The summed E-state index contributed by atoms with van der Waals surface area (Å²) in [4.78, 5) is 0. The molecule has 11 heavy (non-hydrogen) atoms. The summed E-state index contributed by atoms with van der Waals surface area (Å²) in [6.45, 7) is -1.74. The molecule has 1 N–H and O–H groups in total. The highest BCUT2D eigenvalue weighted by Crippen LogP contribution is 2.37. The van der Waals surface area contributed by atoms with Gasteiger partial charge < -0.3 is 14.6 Å². The number of fused-ring (bicyclic) bond motifs is 1. The molecule has 0 bridgehead atoms. The maximum atomic E-state index is 12.3.